The Kier molecular flexibility index (Phi) is 3.22. The molecule has 0 atom stereocenters. The molecule has 0 amide bonds. The van der Waals surface area contributed by atoms with Crippen LogP contribution in [0.15, 0.2) is 18.3 Å². The van der Waals surface area contributed by atoms with E-state index in [2.05, 4.69) is 19.1 Å². The molecule has 0 aromatic carbocycles. The first-order valence-corrected chi connectivity index (χ1v) is 6.28. The predicted molar refractivity (Wildman–Crippen MR) is 57.9 cm³/mol. The maximum Gasteiger partial charge on any atom is 0.534 e. The molecule has 6 nitrogen and oxygen atoms in total. The summed E-state index contributed by atoms with van der Waals surface area (Å²) in [5.41, 5.74) is -5.45. The SMILES string of the molecule is O=S(=O)(Oc1cnc2nc(Cl)ccc2n1)C(F)(F)F. The van der Waals surface area contributed by atoms with Gasteiger partial charge in [-0.2, -0.15) is 21.6 Å². The number of rotatable bonds is 2. The highest BCUT2D eigenvalue weighted by Crippen LogP contribution is 2.26. The van der Waals surface area contributed by atoms with Crippen LogP contribution in [0.1, 0.15) is 0 Å². The number of nitrogens with zero attached hydrogens (tertiary/aromatic N) is 3. The molecule has 0 fully saturated rings. The average molecular weight is 314 g/mol. The molecule has 0 N–H and O–H groups in total. The zero-order valence-electron chi connectivity index (χ0n) is 8.72. The van der Waals surface area contributed by atoms with Gasteiger partial charge in [0.05, 0.1) is 6.20 Å². The lowest BCUT2D eigenvalue weighted by Crippen LogP contribution is -2.28. The summed E-state index contributed by atoms with van der Waals surface area (Å²) < 4.78 is 61.6. The second-order valence-electron chi connectivity index (χ2n) is 3.17. The molecule has 0 radical (unpaired) electrons. The predicted octanol–water partition coefficient (Wildman–Crippen LogP) is 1.91. The first kappa shape index (κ1) is 13.7. The second-order valence-corrected chi connectivity index (χ2v) is 5.09. The molecule has 0 saturated carbocycles. The van der Waals surface area contributed by atoms with Crippen LogP contribution < -0.4 is 4.18 Å². The number of pyridine rings is 1. The van der Waals surface area contributed by atoms with Crippen LogP contribution in [0.3, 0.4) is 0 Å². The Bertz CT molecular complexity index is 735. The van der Waals surface area contributed by atoms with Crippen LogP contribution in [0, 0.1) is 0 Å². The van der Waals surface area contributed by atoms with Crippen molar-refractivity contribution < 1.29 is 25.8 Å². The van der Waals surface area contributed by atoms with Gasteiger partial charge >= 0.3 is 15.6 Å². The summed E-state index contributed by atoms with van der Waals surface area (Å²) in [6.07, 6.45) is 0.703. The number of hydrogen-bond acceptors (Lipinski definition) is 6. The molecule has 0 aliphatic rings. The Morgan fingerprint density at radius 1 is 1.21 bits per heavy atom. The molecule has 0 aliphatic carbocycles. The van der Waals surface area contributed by atoms with Crippen molar-refractivity contribution in [3.8, 4) is 5.88 Å². The molecule has 0 bridgehead atoms. The van der Waals surface area contributed by atoms with Crippen molar-refractivity contribution in [2.45, 2.75) is 5.51 Å². The smallest absolute Gasteiger partial charge is 0.354 e. The van der Waals surface area contributed by atoms with Crippen LogP contribution in [-0.2, 0) is 10.1 Å². The van der Waals surface area contributed by atoms with Crippen LogP contribution in [0.25, 0.3) is 11.2 Å². The third kappa shape index (κ3) is 2.84. The normalized spacial score (nSPS) is 12.6. The molecule has 2 rings (SSSR count). The zero-order chi connectivity index (χ0) is 14.3. The van der Waals surface area contributed by atoms with E-state index >= 15 is 0 Å². The van der Waals surface area contributed by atoms with E-state index in [1.807, 2.05) is 0 Å². The molecular weight excluding hydrogens is 311 g/mol. The maximum absolute atomic E-state index is 12.1. The van der Waals surface area contributed by atoms with Crippen molar-refractivity contribution in [2.24, 2.45) is 0 Å². The quantitative estimate of drug-likeness (QED) is 0.478. The summed E-state index contributed by atoms with van der Waals surface area (Å²) in [6.45, 7) is 0. The molecule has 2 heterocycles. The highest BCUT2D eigenvalue weighted by atomic mass is 35.5. The van der Waals surface area contributed by atoms with Crippen molar-refractivity contribution in [2.75, 3.05) is 0 Å². The third-order valence-electron chi connectivity index (χ3n) is 1.83. The summed E-state index contributed by atoms with van der Waals surface area (Å²) in [5, 5.41) is 0.110. The van der Waals surface area contributed by atoms with Gasteiger partial charge in [0.2, 0.25) is 0 Å². The number of alkyl halides is 3. The molecule has 102 valence electrons. The summed E-state index contributed by atoms with van der Waals surface area (Å²) in [6, 6.07) is 2.63. The summed E-state index contributed by atoms with van der Waals surface area (Å²) in [5.74, 6) is -0.811. The standard InChI is InChI=1S/C8H3ClF3N3O3S/c9-5-2-1-4-7(15-5)13-3-6(14-4)18-19(16,17)8(10,11)12/h1-3H. The first-order valence-electron chi connectivity index (χ1n) is 4.49. The molecule has 2 aromatic heterocycles. The molecular formula is C8H3ClF3N3O3S. The average Bonchev–Trinajstić information content (AvgIpc) is 2.27. The lowest BCUT2D eigenvalue weighted by molar-refractivity contribution is -0.0501. The van der Waals surface area contributed by atoms with Crippen LogP contribution in [0.5, 0.6) is 5.88 Å². The number of hydrogen-bond donors (Lipinski definition) is 0. The van der Waals surface area contributed by atoms with Gasteiger partial charge in [-0.15, -0.1) is 0 Å². The molecule has 0 saturated heterocycles. The van der Waals surface area contributed by atoms with E-state index in [4.69, 9.17) is 11.6 Å². The summed E-state index contributed by atoms with van der Waals surface area (Å²) in [7, 11) is -5.78. The first-order chi connectivity index (χ1) is 8.69. The van der Waals surface area contributed by atoms with Crippen molar-refractivity contribution in [1.29, 1.82) is 0 Å². The third-order valence-corrected chi connectivity index (χ3v) is 2.99. The molecule has 0 spiro atoms. The summed E-state index contributed by atoms with van der Waals surface area (Å²) >= 11 is 5.57. The van der Waals surface area contributed by atoms with E-state index in [1.165, 1.54) is 12.1 Å². The van der Waals surface area contributed by atoms with Crippen molar-refractivity contribution in [3.05, 3.63) is 23.5 Å². The van der Waals surface area contributed by atoms with E-state index in [0.717, 1.165) is 0 Å². The highest BCUT2D eigenvalue weighted by molar-refractivity contribution is 7.87. The maximum atomic E-state index is 12.1. The van der Waals surface area contributed by atoms with E-state index in [-0.39, 0.29) is 16.3 Å². The minimum Gasteiger partial charge on any atom is -0.354 e. The largest absolute Gasteiger partial charge is 0.534 e. The van der Waals surface area contributed by atoms with Gasteiger partial charge in [0.15, 0.2) is 5.65 Å². The molecule has 19 heavy (non-hydrogen) atoms. The minimum absolute atomic E-state index is 0.0410. The van der Waals surface area contributed by atoms with Gasteiger partial charge in [-0.3, -0.25) is 0 Å². The fraction of sp³-hybridized carbons (Fsp3) is 0.125. The second kappa shape index (κ2) is 4.46. The Morgan fingerprint density at radius 3 is 2.53 bits per heavy atom. The van der Waals surface area contributed by atoms with Gasteiger partial charge in [0, 0.05) is 0 Å². The Morgan fingerprint density at radius 2 is 1.89 bits per heavy atom. The molecule has 0 aliphatic heterocycles. The van der Waals surface area contributed by atoms with E-state index < -0.39 is 21.5 Å². The number of aromatic nitrogens is 3. The lowest BCUT2D eigenvalue weighted by atomic mass is 10.4. The van der Waals surface area contributed by atoms with Crippen LogP contribution in [0.2, 0.25) is 5.15 Å². The molecule has 2 aromatic rings. The zero-order valence-corrected chi connectivity index (χ0v) is 10.3. The van der Waals surface area contributed by atoms with Gasteiger partial charge in [0.25, 0.3) is 5.88 Å². The number of halogens is 4. The van der Waals surface area contributed by atoms with Crippen LogP contribution >= 0.6 is 11.6 Å². The number of fused-ring (bicyclic) bond motifs is 1. The van der Waals surface area contributed by atoms with Crippen molar-refractivity contribution >= 4 is 32.9 Å². The Balaban J connectivity index is 2.40. The monoisotopic (exact) mass is 313 g/mol. The van der Waals surface area contributed by atoms with E-state index in [0.29, 0.717) is 6.20 Å². The van der Waals surface area contributed by atoms with Gasteiger partial charge in [-0.05, 0) is 12.1 Å². The Hall–Kier alpha value is -1.68. The molecule has 11 heteroatoms. The van der Waals surface area contributed by atoms with Gasteiger partial charge < -0.3 is 4.18 Å². The lowest BCUT2D eigenvalue weighted by Gasteiger charge is -2.08. The molecule has 0 unspecified atom stereocenters. The minimum atomic E-state index is -5.78. The van der Waals surface area contributed by atoms with E-state index in [1.54, 1.807) is 0 Å². The fourth-order valence-corrected chi connectivity index (χ4v) is 1.61. The van der Waals surface area contributed by atoms with Crippen molar-refractivity contribution in [1.82, 2.24) is 15.0 Å². The fourth-order valence-electron chi connectivity index (χ4n) is 1.06. The van der Waals surface area contributed by atoms with Gasteiger partial charge in [0.1, 0.15) is 10.7 Å². The Labute approximate surface area is 109 Å². The van der Waals surface area contributed by atoms with E-state index in [9.17, 15) is 21.6 Å². The van der Waals surface area contributed by atoms with Gasteiger partial charge in [-0.1, -0.05) is 11.6 Å². The van der Waals surface area contributed by atoms with Crippen LogP contribution in [-0.4, -0.2) is 28.9 Å². The topological polar surface area (TPSA) is 82.0 Å². The highest BCUT2D eigenvalue weighted by Gasteiger charge is 2.48. The van der Waals surface area contributed by atoms with Crippen LogP contribution in [0.4, 0.5) is 13.2 Å². The summed E-state index contributed by atoms with van der Waals surface area (Å²) in [4.78, 5) is 10.8. The van der Waals surface area contributed by atoms with Crippen molar-refractivity contribution in [3.63, 3.8) is 0 Å². The van der Waals surface area contributed by atoms with Gasteiger partial charge in [-0.25, -0.2) is 15.0 Å².